The Kier molecular flexibility index (Phi) is 4.37. The van der Waals surface area contributed by atoms with Gasteiger partial charge in [-0.15, -0.1) is 0 Å². The van der Waals surface area contributed by atoms with Crippen LogP contribution in [0.3, 0.4) is 0 Å². The molecule has 0 saturated heterocycles. The van der Waals surface area contributed by atoms with Crippen LogP contribution in [0.25, 0.3) is 11.3 Å². The molecule has 0 atom stereocenters. The lowest BCUT2D eigenvalue weighted by Gasteiger charge is -2.15. The van der Waals surface area contributed by atoms with Gasteiger partial charge in [0.05, 0.1) is 24.8 Å². The van der Waals surface area contributed by atoms with Crippen LogP contribution in [0.5, 0.6) is 11.5 Å². The number of carbonyl (C=O) groups is 1. The summed E-state index contributed by atoms with van der Waals surface area (Å²) >= 11 is 6.38. The van der Waals surface area contributed by atoms with Gasteiger partial charge in [0.15, 0.2) is 11.5 Å². The fourth-order valence-corrected chi connectivity index (χ4v) is 2.38. The van der Waals surface area contributed by atoms with Gasteiger partial charge in [-0.3, -0.25) is 0 Å². The molecule has 112 valence electrons. The van der Waals surface area contributed by atoms with Gasteiger partial charge in [-0.25, -0.2) is 4.79 Å². The number of carboxylic acid groups (broad SMARTS) is 1. The summed E-state index contributed by atoms with van der Waals surface area (Å²) < 4.78 is 15.4. The Hall–Kier alpha value is -2.21. The molecule has 1 aromatic carbocycles. The van der Waals surface area contributed by atoms with Gasteiger partial charge >= 0.3 is 5.97 Å². The molecule has 0 amide bonds. The first-order valence-electron chi connectivity index (χ1n) is 6.17. The highest BCUT2D eigenvalue weighted by atomic mass is 35.5. The van der Waals surface area contributed by atoms with Crippen molar-refractivity contribution in [2.45, 2.75) is 13.3 Å². The number of halogens is 1. The summed E-state index contributed by atoms with van der Waals surface area (Å²) in [4.78, 5) is 10.9. The van der Waals surface area contributed by atoms with Gasteiger partial charge in [0.1, 0.15) is 5.69 Å². The molecule has 0 spiro atoms. The minimum Gasteiger partial charge on any atom is -0.493 e. The monoisotopic (exact) mass is 311 g/mol. The normalized spacial score (nSPS) is 10.5. The highest BCUT2D eigenvalue weighted by Crippen LogP contribution is 2.44. The minimum absolute atomic E-state index is 0.274. The van der Waals surface area contributed by atoms with Gasteiger partial charge < -0.3 is 19.1 Å². The second-order valence-corrected chi connectivity index (χ2v) is 4.57. The van der Waals surface area contributed by atoms with Crippen molar-refractivity contribution in [3.8, 4) is 22.8 Å². The Morgan fingerprint density at radius 3 is 2.57 bits per heavy atom. The number of hydrogen-bond donors (Lipinski definition) is 1. The van der Waals surface area contributed by atoms with Gasteiger partial charge in [-0.05, 0) is 18.1 Å². The third-order valence-corrected chi connectivity index (χ3v) is 3.47. The smallest absolute Gasteiger partial charge is 0.374 e. The number of nitrogens with zero attached hydrogens (tertiary/aromatic N) is 1. The summed E-state index contributed by atoms with van der Waals surface area (Å²) in [5.41, 5.74) is 1.57. The standard InChI is InChI=1S/C14H14ClNO5/c1-4-7-5-9(19-2)13(20-3)11(12(7)15)8-6-10(14(17)18)21-16-8/h5-6H,4H2,1-3H3,(H,17,18). The zero-order chi connectivity index (χ0) is 15.6. The number of aryl methyl sites for hydroxylation is 1. The van der Waals surface area contributed by atoms with Gasteiger partial charge in [0.2, 0.25) is 5.76 Å². The van der Waals surface area contributed by atoms with E-state index in [1.54, 1.807) is 6.07 Å². The summed E-state index contributed by atoms with van der Waals surface area (Å²) in [6.45, 7) is 1.95. The molecule has 6 nitrogen and oxygen atoms in total. The molecule has 0 fully saturated rings. The van der Waals surface area contributed by atoms with Crippen LogP contribution in [0.15, 0.2) is 16.7 Å². The molecule has 0 aliphatic rings. The zero-order valence-corrected chi connectivity index (χ0v) is 12.5. The van der Waals surface area contributed by atoms with Crippen molar-refractivity contribution in [3.63, 3.8) is 0 Å². The molecule has 7 heteroatoms. The Labute approximate surface area is 126 Å². The molecule has 0 bridgehead atoms. The third-order valence-electron chi connectivity index (χ3n) is 3.04. The number of ether oxygens (including phenoxy) is 2. The van der Waals surface area contributed by atoms with Crippen molar-refractivity contribution in [1.82, 2.24) is 5.16 Å². The Morgan fingerprint density at radius 2 is 2.10 bits per heavy atom. The van der Waals surface area contributed by atoms with Crippen LogP contribution in [-0.2, 0) is 6.42 Å². The van der Waals surface area contributed by atoms with E-state index >= 15 is 0 Å². The van der Waals surface area contributed by atoms with Crippen LogP contribution in [0, 0.1) is 0 Å². The van der Waals surface area contributed by atoms with Crippen LogP contribution < -0.4 is 9.47 Å². The number of aromatic carboxylic acids is 1. The molecular formula is C14H14ClNO5. The van der Waals surface area contributed by atoms with E-state index in [-0.39, 0.29) is 11.5 Å². The van der Waals surface area contributed by atoms with Gasteiger partial charge in [0, 0.05) is 6.07 Å². The molecule has 21 heavy (non-hydrogen) atoms. The second kappa shape index (κ2) is 6.05. The number of benzene rings is 1. The maximum atomic E-state index is 10.9. The van der Waals surface area contributed by atoms with Crippen molar-refractivity contribution in [3.05, 3.63) is 28.5 Å². The lowest BCUT2D eigenvalue weighted by Crippen LogP contribution is -1.98. The van der Waals surface area contributed by atoms with Crippen molar-refractivity contribution in [2.24, 2.45) is 0 Å². The SMILES string of the molecule is CCc1cc(OC)c(OC)c(-c2cc(C(=O)O)on2)c1Cl. The Morgan fingerprint density at radius 1 is 1.38 bits per heavy atom. The van der Waals surface area contributed by atoms with E-state index in [1.165, 1.54) is 20.3 Å². The molecule has 1 aromatic heterocycles. The average Bonchev–Trinajstić information content (AvgIpc) is 2.96. The summed E-state index contributed by atoms with van der Waals surface area (Å²) in [5, 5.41) is 13.1. The summed E-state index contributed by atoms with van der Waals surface area (Å²) in [7, 11) is 2.99. The van der Waals surface area contributed by atoms with Gasteiger partial charge in [-0.2, -0.15) is 0 Å². The summed E-state index contributed by atoms with van der Waals surface area (Å²) in [6.07, 6.45) is 0.676. The average molecular weight is 312 g/mol. The first kappa shape index (κ1) is 15.2. The third kappa shape index (κ3) is 2.67. The maximum Gasteiger partial charge on any atom is 0.374 e. The van der Waals surface area contributed by atoms with E-state index < -0.39 is 5.97 Å². The summed E-state index contributed by atoms with van der Waals surface area (Å²) in [5.74, 6) is -0.606. The Balaban J connectivity index is 2.72. The fourth-order valence-electron chi connectivity index (χ4n) is 2.00. The summed E-state index contributed by atoms with van der Waals surface area (Å²) in [6, 6.07) is 3.08. The fraction of sp³-hybridized carbons (Fsp3) is 0.286. The van der Waals surface area contributed by atoms with E-state index in [0.29, 0.717) is 28.5 Å². The van der Waals surface area contributed by atoms with Crippen molar-refractivity contribution < 1.29 is 23.9 Å². The molecule has 0 radical (unpaired) electrons. The van der Waals surface area contributed by atoms with Crippen LogP contribution in [-0.4, -0.2) is 30.5 Å². The highest BCUT2D eigenvalue weighted by molar-refractivity contribution is 6.34. The number of rotatable bonds is 5. The largest absolute Gasteiger partial charge is 0.493 e. The quantitative estimate of drug-likeness (QED) is 0.912. The van der Waals surface area contributed by atoms with E-state index in [2.05, 4.69) is 5.16 Å². The van der Waals surface area contributed by atoms with Crippen LogP contribution in [0.4, 0.5) is 0 Å². The first-order valence-corrected chi connectivity index (χ1v) is 6.55. The molecule has 0 aliphatic heterocycles. The lowest BCUT2D eigenvalue weighted by atomic mass is 10.0. The van der Waals surface area contributed by atoms with E-state index in [1.807, 2.05) is 6.92 Å². The molecule has 0 unspecified atom stereocenters. The van der Waals surface area contributed by atoms with Gasteiger partial charge in [0.25, 0.3) is 0 Å². The first-order chi connectivity index (χ1) is 10.0. The second-order valence-electron chi connectivity index (χ2n) is 4.20. The van der Waals surface area contributed by atoms with E-state index in [9.17, 15) is 4.79 Å². The number of aromatic nitrogens is 1. The van der Waals surface area contributed by atoms with Crippen molar-refractivity contribution in [1.29, 1.82) is 0 Å². The topological polar surface area (TPSA) is 81.8 Å². The van der Waals surface area contributed by atoms with Crippen LogP contribution in [0.1, 0.15) is 23.0 Å². The Bertz CT molecular complexity index is 680. The molecular weight excluding hydrogens is 298 g/mol. The predicted octanol–water partition coefficient (Wildman–Crippen LogP) is 3.27. The van der Waals surface area contributed by atoms with E-state index in [4.69, 9.17) is 30.7 Å². The molecule has 2 rings (SSSR count). The number of hydrogen-bond acceptors (Lipinski definition) is 5. The molecule has 1 heterocycles. The zero-order valence-electron chi connectivity index (χ0n) is 11.8. The number of methoxy groups -OCH3 is 2. The predicted molar refractivity (Wildman–Crippen MR) is 76.4 cm³/mol. The molecule has 1 N–H and O–H groups in total. The molecule has 0 aliphatic carbocycles. The molecule has 0 saturated carbocycles. The van der Waals surface area contributed by atoms with Crippen LogP contribution >= 0.6 is 11.6 Å². The lowest BCUT2D eigenvalue weighted by molar-refractivity contribution is 0.0652. The van der Waals surface area contributed by atoms with Crippen molar-refractivity contribution in [2.75, 3.05) is 14.2 Å². The molecule has 2 aromatic rings. The van der Waals surface area contributed by atoms with E-state index in [0.717, 1.165) is 5.56 Å². The minimum atomic E-state index is -1.21. The highest BCUT2D eigenvalue weighted by Gasteiger charge is 2.23. The maximum absolute atomic E-state index is 10.9. The number of carboxylic acids is 1. The van der Waals surface area contributed by atoms with Crippen molar-refractivity contribution >= 4 is 17.6 Å². The van der Waals surface area contributed by atoms with Crippen LogP contribution in [0.2, 0.25) is 5.02 Å². The van der Waals surface area contributed by atoms with Gasteiger partial charge in [-0.1, -0.05) is 23.7 Å².